The van der Waals surface area contributed by atoms with Crippen LogP contribution in [0.2, 0.25) is 5.02 Å². The van der Waals surface area contributed by atoms with E-state index in [4.69, 9.17) is 16.3 Å². The van der Waals surface area contributed by atoms with Gasteiger partial charge in [-0.3, -0.25) is 4.57 Å². The first-order valence-corrected chi connectivity index (χ1v) is 9.84. The molecule has 0 radical (unpaired) electrons. The summed E-state index contributed by atoms with van der Waals surface area (Å²) in [6, 6.07) is 22.9. The molecule has 0 aliphatic rings. The summed E-state index contributed by atoms with van der Waals surface area (Å²) in [6.45, 7) is 0.417. The Hall–Kier alpha value is -3.64. The molecule has 148 valence electrons. The summed E-state index contributed by atoms with van der Waals surface area (Å²) in [5.74, 6) is 1.32. The third-order valence-corrected chi connectivity index (χ3v) is 5.36. The first-order valence-electron chi connectivity index (χ1n) is 9.46. The average Bonchev–Trinajstić information content (AvgIpc) is 3.24. The van der Waals surface area contributed by atoms with Crippen molar-refractivity contribution in [1.82, 2.24) is 14.2 Å². The topological polar surface area (TPSA) is 62.7 Å². The second kappa shape index (κ2) is 7.31. The van der Waals surface area contributed by atoms with Crippen molar-refractivity contribution in [3.63, 3.8) is 0 Å². The number of halogens is 1. The maximum Gasteiger partial charge on any atom is 0.423 e. The average molecular weight is 418 g/mol. The third-order valence-electron chi connectivity index (χ3n) is 5.11. The molecule has 5 aromatic rings. The highest BCUT2D eigenvalue weighted by atomic mass is 35.5. The molecule has 0 saturated heterocycles. The van der Waals surface area contributed by atoms with Crippen LogP contribution in [0, 0.1) is 0 Å². The van der Waals surface area contributed by atoms with Gasteiger partial charge in [0.25, 0.3) is 5.65 Å². The van der Waals surface area contributed by atoms with Gasteiger partial charge < -0.3 is 4.74 Å². The van der Waals surface area contributed by atoms with Gasteiger partial charge in [-0.1, -0.05) is 41.9 Å². The Kier molecular flexibility index (Phi) is 4.48. The number of methoxy groups -OCH3 is 1. The molecule has 5 rings (SSSR count). The van der Waals surface area contributed by atoms with Crippen LogP contribution < -0.4 is 15.4 Å². The van der Waals surface area contributed by atoms with Crippen LogP contribution in [-0.4, -0.2) is 21.3 Å². The van der Waals surface area contributed by atoms with Crippen molar-refractivity contribution in [3.05, 3.63) is 93.9 Å². The molecule has 0 unspecified atom stereocenters. The quantitative estimate of drug-likeness (QED) is 0.446. The van der Waals surface area contributed by atoms with Gasteiger partial charge in [0.05, 0.1) is 35.2 Å². The molecular weight excluding hydrogens is 400 g/mol. The SMILES string of the molecule is COc1cccc(-c2nn3c(=O)n(Cc4ccc(Cl)cc4)c4ccccc4c3[nH+]2)c1. The van der Waals surface area contributed by atoms with Crippen molar-refractivity contribution < 1.29 is 9.72 Å². The number of para-hydroxylation sites is 1. The molecule has 0 aliphatic carbocycles. The van der Waals surface area contributed by atoms with E-state index >= 15 is 0 Å². The van der Waals surface area contributed by atoms with E-state index in [-0.39, 0.29) is 5.69 Å². The van der Waals surface area contributed by atoms with Gasteiger partial charge in [0, 0.05) is 5.02 Å². The molecule has 6 nitrogen and oxygen atoms in total. The lowest BCUT2D eigenvalue weighted by molar-refractivity contribution is -0.331. The van der Waals surface area contributed by atoms with Crippen molar-refractivity contribution in [3.8, 4) is 17.1 Å². The van der Waals surface area contributed by atoms with Gasteiger partial charge in [-0.2, -0.15) is 0 Å². The van der Waals surface area contributed by atoms with Crippen LogP contribution in [-0.2, 0) is 6.54 Å². The van der Waals surface area contributed by atoms with Gasteiger partial charge in [0.2, 0.25) is 0 Å². The molecule has 0 atom stereocenters. The Morgan fingerprint density at radius 1 is 1.03 bits per heavy atom. The number of nitrogens with zero attached hydrogens (tertiary/aromatic N) is 3. The first-order chi connectivity index (χ1) is 14.6. The van der Waals surface area contributed by atoms with E-state index in [2.05, 4.69) is 10.1 Å². The van der Waals surface area contributed by atoms with Gasteiger partial charge in [-0.25, -0.2) is 9.78 Å². The second-order valence-corrected chi connectivity index (χ2v) is 7.41. The molecule has 3 aromatic carbocycles. The first kappa shape index (κ1) is 18.4. The van der Waals surface area contributed by atoms with Crippen molar-refractivity contribution >= 4 is 28.2 Å². The number of hydrogen-bond donors (Lipinski definition) is 0. The van der Waals surface area contributed by atoms with Crippen molar-refractivity contribution in [2.45, 2.75) is 6.54 Å². The van der Waals surface area contributed by atoms with E-state index in [0.717, 1.165) is 27.8 Å². The second-order valence-electron chi connectivity index (χ2n) is 6.98. The lowest BCUT2D eigenvalue weighted by Crippen LogP contribution is -2.29. The van der Waals surface area contributed by atoms with Gasteiger partial charge in [-0.05, 0) is 52.5 Å². The fourth-order valence-corrected chi connectivity index (χ4v) is 3.74. The largest absolute Gasteiger partial charge is 0.497 e. The summed E-state index contributed by atoms with van der Waals surface area (Å²) >= 11 is 6.01. The number of hydrogen-bond acceptors (Lipinski definition) is 3. The molecule has 0 saturated carbocycles. The third kappa shape index (κ3) is 3.11. The number of aromatic nitrogens is 4. The van der Waals surface area contributed by atoms with E-state index < -0.39 is 0 Å². The van der Waals surface area contributed by atoms with Crippen LogP contribution in [0.25, 0.3) is 27.9 Å². The molecule has 0 fully saturated rings. The van der Waals surface area contributed by atoms with E-state index in [9.17, 15) is 4.79 Å². The number of ether oxygens (including phenoxy) is 1. The number of H-pyrrole nitrogens is 1. The van der Waals surface area contributed by atoms with Crippen molar-refractivity contribution in [1.29, 1.82) is 0 Å². The van der Waals surface area contributed by atoms with Crippen LogP contribution in [0.3, 0.4) is 0 Å². The molecule has 0 amide bonds. The number of nitrogens with one attached hydrogen (secondary N) is 1. The minimum absolute atomic E-state index is 0.218. The summed E-state index contributed by atoms with van der Waals surface area (Å²) in [4.78, 5) is 16.7. The van der Waals surface area contributed by atoms with Crippen LogP contribution in [0.4, 0.5) is 0 Å². The van der Waals surface area contributed by atoms with Gasteiger partial charge in [0.15, 0.2) is 0 Å². The number of benzene rings is 3. The maximum absolute atomic E-state index is 13.4. The Labute approximate surface area is 176 Å². The zero-order chi connectivity index (χ0) is 20.7. The van der Waals surface area contributed by atoms with Gasteiger partial charge >= 0.3 is 11.5 Å². The normalized spacial score (nSPS) is 11.3. The molecule has 0 bridgehead atoms. The maximum atomic E-state index is 13.4. The summed E-state index contributed by atoms with van der Waals surface area (Å²) in [5.41, 5.74) is 3.09. The highest BCUT2D eigenvalue weighted by Crippen LogP contribution is 2.22. The van der Waals surface area contributed by atoms with E-state index in [1.807, 2.05) is 72.8 Å². The molecule has 0 aliphatic heterocycles. The van der Waals surface area contributed by atoms with E-state index in [1.165, 1.54) is 4.52 Å². The predicted molar refractivity (Wildman–Crippen MR) is 116 cm³/mol. The predicted octanol–water partition coefficient (Wildman–Crippen LogP) is 3.84. The van der Waals surface area contributed by atoms with E-state index in [0.29, 0.717) is 23.0 Å². The number of rotatable bonds is 4. The highest BCUT2D eigenvalue weighted by molar-refractivity contribution is 6.30. The molecule has 30 heavy (non-hydrogen) atoms. The lowest BCUT2D eigenvalue weighted by Gasteiger charge is -2.08. The minimum atomic E-state index is -0.218. The standard InChI is InChI=1S/C23H17ClN4O2/c1-30-18-6-4-5-16(13-18)21-25-22-19-7-2-3-8-20(19)27(23(29)28(22)26-21)14-15-9-11-17(24)12-10-15/h2-13H,14H2,1H3/p+1. The summed E-state index contributed by atoms with van der Waals surface area (Å²) < 4.78 is 8.46. The van der Waals surface area contributed by atoms with Crippen LogP contribution in [0.5, 0.6) is 5.75 Å². The lowest BCUT2D eigenvalue weighted by atomic mass is 10.2. The minimum Gasteiger partial charge on any atom is -0.497 e. The smallest absolute Gasteiger partial charge is 0.423 e. The summed E-state index contributed by atoms with van der Waals surface area (Å²) in [5, 5.41) is 6.15. The monoisotopic (exact) mass is 417 g/mol. The Morgan fingerprint density at radius 2 is 1.83 bits per heavy atom. The molecule has 1 N–H and O–H groups in total. The molecular formula is C23H18ClN4O2+. The van der Waals surface area contributed by atoms with E-state index in [1.54, 1.807) is 11.7 Å². The number of aromatic amines is 1. The van der Waals surface area contributed by atoms with Crippen LogP contribution >= 0.6 is 11.6 Å². The molecule has 2 aromatic heterocycles. The van der Waals surface area contributed by atoms with Crippen molar-refractivity contribution in [2.24, 2.45) is 0 Å². The number of fused-ring (bicyclic) bond motifs is 3. The summed E-state index contributed by atoms with van der Waals surface area (Å²) in [6.07, 6.45) is 0. The zero-order valence-electron chi connectivity index (χ0n) is 16.2. The molecule has 7 heteroatoms. The van der Waals surface area contributed by atoms with Crippen LogP contribution in [0.1, 0.15) is 5.56 Å². The Morgan fingerprint density at radius 3 is 2.63 bits per heavy atom. The van der Waals surface area contributed by atoms with Crippen LogP contribution in [0.15, 0.2) is 77.6 Å². The summed E-state index contributed by atoms with van der Waals surface area (Å²) in [7, 11) is 1.62. The highest BCUT2D eigenvalue weighted by Gasteiger charge is 2.22. The molecule has 0 spiro atoms. The fourth-order valence-electron chi connectivity index (χ4n) is 3.61. The zero-order valence-corrected chi connectivity index (χ0v) is 16.9. The Bertz CT molecular complexity index is 1440. The Balaban J connectivity index is 1.73. The van der Waals surface area contributed by atoms with Crippen molar-refractivity contribution in [2.75, 3.05) is 7.11 Å². The molecule has 2 heterocycles. The van der Waals surface area contributed by atoms with Gasteiger partial charge in [-0.15, -0.1) is 0 Å². The fraction of sp³-hybridized carbons (Fsp3) is 0.0870. The van der Waals surface area contributed by atoms with Gasteiger partial charge in [0.1, 0.15) is 5.75 Å².